The highest BCUT2D eigenvalue weighted by molar-refractivity contribution is 5.81. The average Bonchev–Trinajstić information content (AvgIpc) is 2.54. The fourth-order valence-electron chi connectivity index (χ4n) is 2.40. The highest BCUT2D eigenvalue weighted by Gasteiger charge is 2.09. The topological polar surface area (TPSA) is 28.2 Å². The van der Waals surface area contributed by atoms with Gasteiger partial charge in [-0.2, -0.15) is 0 Å². The lowest BCUT2D eigenvalue weighted by Crippen LogP contribution is -2.17. The van der Waals surface area contributed by atoms with E-state index in [-0.39, 0.29) is 5.82 Å². The van der Waals surface area contributed by atoms with E-state index < -0.39 is 0 Å². The van der Waals surface area contributed by atoms with Crippen molar-refractivity contribution in [2.45, 2.75) is 20.3 Å². The molecule has 126 valence electrons. The Morgan fingerprint density at radius 3 is 2.58 bits per heavy atom. The van der Waals surface area contributed by atoms with Crippen LogP contribution in [0, 0.1) is 12.7 Å². The molecule has 1 heterocycles. The number of aromatic nitrogens is 1. The van der Waals surface area contributed by atoms with Gasteiger partial charge in [0.1, 0.15) is 11.6 Å². The van der Waals surface area contributed by atoms with E-state index in [4.69, 9.17) is 0 Å². The summed E-state index contributed by atoms with van der Waals surface area (Å²) in [6.07, 6.45) is 4.86. The second-order valence-electron chi connectivity index (χ2n) is 5.88. The highest BCUT2D eigenvalue weighted by atomic mass is 19.1. The SMILES string of the molecule is C=C(Nc1ccc(/C(=C/CC)c2ccc(F)cc2C)cn1)N(C)C. The number of anilines is 1. The van der Waals surface area contributed by atoms with Gasteiger partial charge in [-0.1, -0.05) is 25.6 Å². The van der Waals surface area contributed by atoms with Gasteiger partial charge in [-0.25, -0.2) is 9.37 Å². The zero-order valence-corrected chi connectivity index (χ0v) is 14.7. The smallest absolute Gasteiger partial charge is 0.131 e. The average molecular weight is 325 g/mol. The van der Waals surface area contributed by atoms with Crippen LogP contribution in [-0.4, -0.2) is 24.0 Å². The summed E-state index contributed by atoms with van der Waals surface area (Å²) in [4.78, 5) is 6.35. The fourth-order valence-corrected chi connectivity index (χ4v) is 2.40. The van der Waals surface area contributed by atoms with Crippen LogP contribution >= 0.6 is 0 Å². The van der Waals surface area contributed by atoms with E-state index in [0.29, 0.717) is 0 Å². The van der Waals surface area contributed by atoms with Crippen LogP contribution < -0.4 is 5.32 Å². The maximum absolute atomic E-state index is 13.4. The number of hydrogen-bond donors (Lipinski definition) is 1. The Hall–Kier alpha value is -2.62. The molecule has 0 bridgehead atoms. The van der Waals surface area contributed by atoms with Crippen molar-refractivity contribution >= 4 is 11.4 Å². The molecule has 1 aromatic heterocycles. The quantitative estimate of drug-likeness (QED) is 0.825. The number of hydrogen-bond acceptors (Lipinski definition) is 3. The number of allylic oxidation sites excluding steroid dienone is 1. The van der Waals surface area contributed by atoms with Gasteiger partial charge >= 0.3 is 0 Å². The first-order valence-electron chi connectivity index (χ1n) is 7.98. The second-order valence-corrected chi connectivity index (χ2v) is 5.88. The van der Waals surface area contributed by atoms with Crippen molar-refractivity contribution in [3.63, 3.8) is 0 Å². The van der Waals surface area contributed by atoms with Gasteiger partial charge in [-0.3, -0.25) is 0 Å². The van der Waals surface area contributed by atoms with Gasteiger partial charge in [-0.15, -0.1) is 0 Å². The van der Waals surface area contributed by atoms with E-state index >= 15 is 0 Å². The summed E-state index contributed by atoms with van der Waals surface area (Å²) in [7, 11) is 3.84. The molecule has 1 aromatic carbocycles. The summed E-state index contributed by atoms with van der Waals surface area (Å²) in [5.41, 5.74) is 4.02. The van der Waals surface area contributed by atoms with E-state index in [0.717, 1.165) is 40.3 Å². The van der Waals surface area contributed by atoms with Crippen molar-refractivity contribution in [2.75, 3.05) is 19.4 Å². The number of rotatable bonds is 6. The first-order chi connectivity index (χ1) is 11.4. The second kappa shape index (κ2) is 7.77. The zero-order valence-electron chi connectivity index (χ0n) is 14.7. The van der Waals surface area contributed by atoms with Crippen molar-refractivity contribution in [3.8, 4) is 0 Å². The van der Waals surface area contributed by atoms with Crippen molar-refractivity contribution in [1.82, 2.24) is 9.88 Å². The van der Waals surface area contributed by atoms with Gasteiger partial charge < -0.3 is 10.2 Å². The first-order valence-corrected chi connectivity index (χ1v) is 7.98. The third-order valence-electron chi connectivity index (χ3n) is 3.77. The lowest BCUT2D eigenvalue weighted by molar-refractivity contribution is 0.520. The van der Waals surface area contributed by atoms with E-state index in [9.17, 15) is 4.39 Å². The summed E-state index contributed by atoms with van der Waals surface area (Å²) in [5, 5.41) is 3.15. The van der Waals surface area contributed by atoms with Crippen LogP contribution in [0.4, 0.5) is 10.2 Å². The summed E-state index contributed by atoms with van der Waals surface area (Å²) in [5.74, 6) is 1.30. The fraction of sp³-hybridized carbons (Fsp3) is 0.250. The maximum atomic E-state index is 13.4. The van der Waals surface area contributed by atoms with E-state index in [1.807, 2.05) is 50.3 Å². The molecule has 4 heteroatoms. The molecule has 1 N–H and O–H groups in total. The zero-order chi connectivity index (χ0) is 17.7. The number of nitrogens with zero attached hydrogens (tertiary/aromatic N) is 2. The van der Waals surface area contributed by atoms with Crippen LogP contribution in [0.15, 0.2) is 55.0 Å². The molecule has 0 saturated heterocycles. The maximum Gasteiger partial charge on any atom is 0.131 e. The number of aryl methyl sites for hydroxylation is 1. The summed E-state index contributed by atoms with van der Waals surface area (Å²) >= 11 is 0. The number of nitrogens with one attached hydrogen (secondary N) is 1. The van der Waals surface area contributed by atoms with Crippen LogP contribution in [-0.2, 0) is 0 Å². The predicted octanol–water partition coefficient (Wildman–Crippen LogP) is 4.82. The monoisotopic (exact) mass is 325 g/mol. The normalized spacial score (nSPS) is 11.3. The third-order valence-corrected chi connectivity index (χ3v) is 3.77. The number of pyridine rings is 1. The lowest BCUT2D eigenvalue weighted by atomic mass is 9.94. The molecule has 24 heavy (non-hydrogen) atoms. The molecule has 0 saturated carbocycles. The molecule has 2 aromatic rings. The number of halogens is 1. The van der Waals surface area contributed by atoms with Crippen LogP contribution in [0.1, 0.15) is 30.0 Å². The Labute approximate surface area is 143 Å². The Balaban J connectivity index is 2.32. The largest absolute Gasteiger partial charge is 0.365 e. The molecular formula is C20H24FN3. The molecule has 0 aliphatic carbocycles. The Bertz CT molecular complexity index is 746. The molecule has 0 fully saturated rings. The highest BCUT2D eigenvalue weighted by Crippen LogP contribution is 2.27. The van der Waals surface area contributed by atoms with Crippen LogP contribution in [0.2, 0.25) is 0 Å². The van der Waals surface area contributed by atoms with Crippen LogP contribution in [0.5, 0.6) is 0 Å². The van der Waals surface area contributed by atoms with E-state index in [1.165, 1.54) is 6.07 Å². The van der Waals surface area contributed by atoms with Crippen LogP contribution in [0.25, 0.3) is 5.57 Å². The Morgan fingerprint density at radius 1 is 1.29 bits per heavy atom. The summed E-state index contributed by atoms with van der Waals surface area (Å²) in [6.45, 7) is 7.94. The molecule has 0 radical (unpaired) electrons. The standard InChI is InChI=1S/C20H24FN3/c1-6-7-19(18-10-9-17(21)12-14(18)2)16-8-11-20(22-13-16)23-15(3)24(4)5/h7-13H,3,6H2,1-2,4-5H3,(H,22,23)/b19-7-. The van der Waals surface area contributed by atoms with Gasteiger partial charge in [0.05, 0.1) is 5.82 Å². The first kappa shape index (κ1) is 17.7. The summed E-state index contributed by atoms with van der Waals surface area (Å²) in [6, 6.07) is 8.82. The summed E-state index contributed by atoms with van der Waals surface area (Å²) < 4.78 is 13.4. The van der Waals surface area contributed by atoms with Gasteiger partial charge in [0.25, 0.3) is 0 Å². The van der Waals surface area contributed by atoms with Crippen LogP contribution in [0.3, 0.4) is 0 Å². The minimum atomic E-state index is -0.216. The predicted molar refractivity (Wildman–Crippen MR) is 99.2 cm³/mol. The Morgan fingerprint density at radius 2 is 2.04 bits per heavy atom. The minimum Gasteiger partial charge on any atom is -0.365 e. The molecule has 0 aliphatic rings. The molecule has 3 nitrogen and oxygen atoms in total. The molecular weight excluding hydrogens is 301 g/mol. The number of benzene rings is 1. The molecule has 0 aliphatic heterocycles. The van der Waals surface area contributed by atoms with Crippen molar-refractivity contribution in [2.24, 2.45) is 0 Å². The molecule has 0 atom stereocenters. The third kappa shape index (κ3) is 4.22. The van der Waals surface area contributed by atoms with Crippen molar-refractivity contribution in [1.29, 1.82) is 0 Å². The van der Waals surface area contributed by atoms with Gasteiger partial charge in [0.15, 0.2) is 0 Å². The molecule has 0 amide bonds. The molecule has 2 rings (SSSR count). The lowest BCUT2D eigenvalue weighted by Gasteiger charge is -2.17. The molecule has 0 spiro atoms. The van der Waals surface area contributed by atoms with Gasteiger partial charge in [-0.05, 0) is 54.3 Å². The van der Waals surface area contributed by atoms with E-state index in [2.05, 4.69) is 29.9 Å². The van der Waals surface area contributed by atoms with Gasteiger partial charge in [0, 0.05) is 25.9 Å². The van der Waals surface area contributed by atoms with Crippen molar-refractivity contribution < 1.29 is 4.39 Å². The van der Waals surface area contributed by atoms with Crippen molar-refractivity contribution in [3.05, 3.63) is 77.5 Å². The Kier molecular flexibility index (Phi) is 5.74. The molecule has 0 unspecified atom stereocenters. The van der Waals surface area contributed by atoms with E-state index in [1.54, 1.807) is 6.07 Å². The minimum absolute atomic E-state index is 0.216. The van der Waals surface area contributed by atoms with Gasteiger partial charge in [0.2, 0.25) is 0 Å².